The molecule has 0 rings (SSSR count). The summed E-state index contributed by atoms with van der Waals surface area (Å²) in [4.78, 5) is 21.6. The third-order valence-electron chi connectivity index (χ3n) is 4.31. The third kappa shape index (κ3) is 23.9. The van der Waals surface area contributed by atoms with Crippen molar-refractivity contribution in [3.63, 3.8) is 0 Å². The van der Waals surface area contributed by atoms with Gasteiger partial charge in [0.1, 0.15) is 0 Å². The molecule has 3 N–H and O–H groups in total. The molecule has 0 aliphatic heterocycles. The summed E-state index contributed by atoms with van der Waals surface area (Å²) in [7, 11) is -4.64. The molecule has 0 aromatic rings. The number of rotatable bonds is 12. The van der Waals surface area contributed by atoms with Crippen LogP contribution in [0.5, 0.6) is 0 Å². The van der Waals surface area contributed by atoms with Gasteiger partial charge in [0.15, 0.2) is 0 Å². The van der Waals surface area contributed by atoms with Crippen molar-refractivity contribution in [2.45, 2.75) is 80.8 Å². The predicted octanol–water partition coefficient (Wildman–Crippen LogP) is 5.03. The van der Waals surface area contributed by atoms with E-state index in [9.17, 15) is 0 Å². The van der Waals surface area contributed by atoms with Crippen molar-refractivity contribution < 1.29 is 19.2 Å². The maximum Gasteiger partial charge on any atom is 0.466 e. The molecule has 22 heavy (non-hydrogen) atoms. The van der Waals surface area contributed by atoms with E-state index in [0.29, 0.717) is 0 Å². The zero-order valence-electron chi connectivity index (χ0n) is 15.1. The molecule has 0 saturated carbocycles. The Morgan fingerprint density at radius 2 is 1.14 bits per heavy atom. The van der Waals surface area contributed by atoms with Crippen LogP contribution in [0.1, 0.15) is 79.1 Å². The Balaban J connectivity index is 0. The van der Waals surface area contributed by atoms with E-state index in [1.807, 2.05) is 0 Å². The molecule has 0 aromatic carbocycles. The molecule has 2 atom stereocenters. The summed E-state index contributed by atoms with van der Waals surface area (Å²) in [5.74, 6) is 2.22. The van der Waals surface area contributed by atoms with Gasteiger partial charge in [0.05, 0.1) is 0 Å². The molecule has 0 amide bonds. The Hall–Kier alpha value is 1.68. The van der Waals surface area contributed by atoms with E-state index in [0.717, 1.165) is 11.8 Å². The molecule has 0 saturated heterocycles. The van der Waals surface area contributed by atoms with E-state index in [4.69, 9.17) is 19.2 Å². The molecule has 4 nitrogen and oxygen atoms in total. The van der Waals surface area contributed by atoms with Gasteiger partial charge in [-0.1, -0.05) is 0 Å². The van der Waals surface area contributed by atoms with Gasteiger partial charge in [-0.3, -0.25) is 0 Å². The molecule has 132 valence electrons. The molecule has 2 unspecified atom stereocenters. The Morgan fingerprint density at radius 3 is 1.36 bits per heavy atom. The van der Waals surface area contributed by atoms with Gasteiger partial charge in [-0.15, -0.1) is 0 Å². The van der Waals surface area contributed by atoms with Crippen molar-refractivity contribution in [2.24, 2.45) is 11.8 Å². The predicted molar refractivity (Wildman–Crippen MR) is 96.2 cm³/mol. The van der Waals surface area contributed by atoms with Gasteiger partial charge in [0.25, 0.3) is 0 Å². The molecule has 0 heterocycles. The summed E-state index contributed by atoms with van der Waals surface area (Å²) in [5, 5.41) is 0. The van der Waals surface area contributed by atoms with Gasteiger partial charge in [-0.05, 0) is 0 Å². The standard InChI is InChI=1S/2C8H17.Ba.H3O4P/c2*1-4-6-7-8(3)5-2;;1-5(2,3)4/h2*8H,3-7H2,1-2H3;;(H3,1,2,3,4). The van der Waals surface area contributed by atoms with Crippen molar-refractivity contribution in [1.82, 2.24) is 0 Å². The largest absolute Gasteiger partial charge is 0.466 e. The molecule has 0 aromatic heterocycles. The van der Waals surface area contributed by atoms with Crippen LogP contribution in [-0.4, -0.2) is 58.9 Å². The Labute approximate surface area is 162 Å². The van der Waals surface area contributed by atoms with E-state index in [1.165, 1.54) is 51.4 Å². The van der Waals surface area contributed by atoms with Crippen LogP contribution in [0.4, 0.5) is 0 Å². The van der Waals surface area contributed by atoms with Crippen LogP contribution in [0.3, 0.4) is 0 Å². The van der Waals surface area contributed by atoms with Crippen LogP contribution in [0.2, 0.25) is 1.78 Å². The van der Waals surface area contributed by atoms with Crippen molar-refractivity contribution in [1.29, 1.82) is 0 Å². The van der Waals surface area contributed by atoms with Crippen molar-refractivity contribution >= 4 is 52.0 Å². The van der Waals surface area contributed by atoms with E-state index in [-0.39, 0.29) is 0 Å². The zero-order chi connectivity index (χ0) is 17.4. The molecule has 0 aliphatic carbocycles. The molecule has 0 spiro atoms. The molecule has 0 radical (unpaired) electrons. The number of hydrogen-bond acceptors (Lipinski definition) is 1. The fourth-order valence-electron chi connectivity index (χ4n) is 2.79. The SMILES string of the molecule is CCCCC(CC)[CH2][Ba][CH2]C(CC)CCCC.O=P(O)(O)O. The minimum absolute atomic E-state index is 0.504. The topological polar surface area (TPSA) is 77.8 Å². The van der Waals surface area contributed by atoms with Gasteiger partial charge in [-0.25, -0.2) is 4.57 Å². The van der Waals surface area contributed by atoms with Crippen molar-refractivity contribution in [3.8, 4) is 0 Å². The van der Waals surface area contributed by atoms with E-state index >= 15 is 0 Å². The van der Waals surface area contributed by atoms with E-state index in [2.05, 4.69) is 27.7 Å². The second kappa shape index (κ2) is 17.5. The molecule has 0 fully saturated rings. The second-order valence-corrected chi connectivity index (χ2v) is 13.1. The molecular formula is C16H37BaO4P. The zero-order valence-corrected chi connectivity index (χ0v) is 20.5. The van der Waals surface area contributed by atoms with E-state index in [1.54, 1.807) is 1.78 Å². The first-order valence-corrected chi connectivity index (χ1v) is 16.9. The molecule has 0 aliphatic rings. The normalized spacial score (nSPS) is 13.8. The number of unbranched alkanes of at least 4 members (excludes halogenated alkanes) is 2. The van der Waals surface area contributed by atoms with E-state index < -0.39 is 52.0 Å². The summed E-state index contributed by atoms with van der Waals surface area (Å²) < 4.78 is 12.3. The summed E-state index contributed by atoms with van der Waals surface area (Å²) in [6.45, 7) is 9.47. The van der Waals surface area contributed by atoms with Crippen LogP contribution in [-0.2, 0) is 4.57 Å². The third-order valence-corrected chi connectivity index (χ3v) is 12.0. The first-order valence-electron chi connectivity index (χ1n) is 9.06. The Kier molecular flexibility index (Phi) is 20.6. The fraction of sp³-hybridized carbons (Fsp3) is 1.00. The maximum atomic E-state index is 8.88. The van der Waals surface area contributed by atoms with Crippen molar-refractivity contribution in [2.75, 3.05) is 0 Å². The minimum Gasteiger partial charge on any atom is -0.303 e. The Bertz CT molecular complexity index is 247. The molecular weight excluding hydrogens is 424 g/mol. The van der Waals surface area contributed by atoms with Gasteiger partial charge in [-0.2, -0.15) is 0 Å². The quantitative estimate of drug-likeness (QED) is 0.281. The summed E-state index contributed by atoms with van der Waals surface area (Å²) in [6, 6.07) is 0. The summed E-state index contributed by atoms with van der Waals surface area (Å²) >= 11 is -0.504. The average Bonchev–Trinajstić information content (AvgIpc) is 2.44. The smallest absolute Gasteiger partial charge is 0.303 e. The molecule has 0 bridgehead atoms. The number of phosphoric acid groups is 1. The van der Waals surface area contributed by atoms with Crippen LogP contribution < -0.4 is 0 Å². The number of hydrogen-bond donors (Lipinski definition) is 3. The summed E-state index contributed by atoms with van der Waals surface area (Å²) in [5.41, 5.74) is 0. The maximum absolute atomic E-state index is 8.88. The fourth-order valence-corrected chi connectivity index (χ4v) is 11.5. The first kappa shape index (κ1) is 25.9. The minimum atomic E-state index is -4.64. The van der Waals surface area contributed by atoms with Crippen LogP contribution in [0.15, 0.2) is 0 Å². The second-order valence-electron chi connectivity index (χ2n) is 6.28. The Morgan fingerprint density at radius 1 is 0.818 bits per heavy atom. The first-order chi connectivity index (χ1) is 10.3. The van der Waals surface area contributed by atoms with Crippen molar-refractivity contribution in [3.05, 3.63) is 0 Å². The van der Waals surface area contributed by atoms with Gasteiger partial charge >= 0.3 is 145 Å². The monoisotopic (exact) mass is 462 g/mol. The van der Waals surface area contributed by atoms with Crippen LogP contribution in [0.25, 0.3) is 0 Å². The van der Waals surface area contributed by atoms with Gasteiger partial charge < -0.3 is 14.7 Å². The molecule has 6 heteroatoms. The van der Waals surface area contributed by atoms with Gasteiger partial charge in [0, 0.05) is 0 Å². The van der Waals surface area contributed by atoms with Crippen LogP contribution >= 0.6 is 7.82 Å². The summed E-state index contributed by atoms with van der Waals surface area (Å²) in [6.07, 6.45) is 11.7. The van der Waals surface area contributed by atoms with Gasteiger partial charge in [0.2, 0.25) is 0 Å². The average molecular weight is 462 g/mol. The van der Waals surface area contributed by atoms with Crippen LogP contribution in [0, 0.1) is 11.8 Å².